The van der Waals surface area contributed by atoms with Crippen LogP contribution in [0.3, 0.4) is 0 Å². The van der Waals surface area contributed by atoms with E-state index in [-0.39, 0.29) is 0 Å². The molecule has 5 heteroatoms. The number of aliphatic hydroxyl groups is 1. The lowest BCUT2D eigenvalue weighted by Gasteiger charge is -2.21. The second kappa shape index (κ2) is 6.18. The molecule has 0 fully saturated rings. The monoisotopic (exact) mass is 301 g/mol. The first-order chi connectivity index (χ1) is 10.6. The average Bonchev–Trinajstić information content (AvgIpc) is 2.92. The van der Waals surface area contributed by atoms with Gasteiger partial charge in [0.1, 0.15) is 0 Å². The number of anilines is 1. The lowest BCUT2D eigenvalue weighted by molar-refractivity contribution is 0.0693. The summed E-state index contributed by atoms with van der Waals surface area (Å²) in [5, 5.41) is 11.0. The number of aryl methyl sites for hydroxylation is 3. The molecule has 1 N–H and O–H groups in total. The van der Waals surface area contributed by atoms with Crippen LogP contribution in [-0.2, 0) is 17.6 Å². The minimum Gasteiger partial charge on any atom is -0.389 e. The molecule has 0 saturated carbocycles. The summed E-state index contributed by atoms with van der Waals surface area (Å²) in [7, 11) is 3.48. The van der Waals surface area contributed by atoms with E-state index in [1.807, 2.05) is 18.9 Å². The van der Waals surface area contributed by atoms with Gasteiger partial charge in [0.25, 0.3) is 0 Å². The molecular weight excluding hydrogens is 278 g/mol. The molecule has 0 unspecified atom stereocenters. The summed E-state index contributed by atoms with van der Waals surface area (Å²) in [5.74, 6) is 0.651. The Labute approximate surface area is 130 Å². The molecule has 22 heavy (non-hydrogen) atoms. The van der Waals surface area contributed by atoms with Gasteiger partial charge in [0, 0.05) is 26.1 Å². The molecule has 1 aromatic heterocycles. The molecule has 0 bridgehead atoms. The van der Waals surface area contributed by atoms with Gasteiger partial charge < -0.3 is 14.7 Å². The largest absolute Gasteiger partial charge is 0.389 e. The lowest BCUT2D eigenvalue weighted by Crippen LogP contribution is -2.33. The van der Waals surface area contributed by atoms with Crippen molar-refractivity contribution < 1.29 is 9.84 Å². The summed E-state index contributed by atoms with van der Waals surface area (Å²) in [5.41, 5.74) is 4.84. The first kappa shape index (κ1) is 15.2. The summed E-state index contributed by atoms with van der Waals surface area (Å²) in [6.07, 6.45) is 2.99. The van der Waals surface area contributed by atoms with Crippen molar-refractivity contribution in [2.45, 2.75) is 32.3 Å². The van der Waals surface area contributed by atoms with Gasteiger partial charge >= 0.3 is 0 Å². The fraction of sp³-hybridized carbons (Fsp3) is 0.529. The highest BCUT2D eigenvalue weighted by atomic mass is 16.5. The third-order valence-corrected chi connectivity index (χ3v) is 4.27. The number of aliphatic hydroxyl groups excluding tert-OH is 1. The Morgan fingerprint density at radius 3 is 2.73 bits per heavy atom. The van der Waals surface area contributed by atoms with Crippen LogP contribution >= 0.6 is 0 Å². The van der Waals surface area contributed by atoms with E-state index in [2.05, 4.69) is 22.1 Å². The Balaban J connectivity index is 1.93. The standard InChI is InChI=1S/C17H23N3O2/c1-11-15-7-12-5-4-6-13(12)8-16(15)19-17(18-11)20(2)9-14(21)10-22-3/h7-8,14,21H,4-6,9-10H2,1-3H3/t14-/m1/s1. The van der Waals surface area contributed by atoms with Crippen LogP contribution in [0.4, 0.5) is 5.95 Å². The van der Waals surface area contributed by atoms with Crippen LogP contribution in [0.2, 0.25) is 0 Å². The number of ether oxygens (including phenoxy) is 1. The Morgan fingerprint density at radius 1 is 1.27 bits per heavy atom. The zero-order valence-corrected chi connectivity index (χ0v) is 13.5. The maximum Gasteiger partial charge on any atom is 0.225 e. The maximum atomic E-state index is 9.87. The zero-order chi connectivity index (χ0) is 15.7. The van der Waals surface area contributed by atoms with Crippen LogP contribution < -0.4 is 4.90 Å². The molecule has 1 aromatic carbocycles. The van der Waals surface area contributed by atoms with E-state index in [0.29, 0.717) is 19.1 Å². The van der Waals surface area contributed by atoms with Gasteiger partial charge in [-0.05, 0) is 49.4 Å². The van der Waals surface area contributed by atoms with Crippen molar-refractivity contribution in [1.29, 1.82) is 0 Å². The normalized spacial score (nSPS) is 15.1. The third kappa shape index (κ3) is 2.91. The van der Waals surface area contributed by atoms with Gasteiger partial charge in [-0.25, -0.2) is 9.97 Å². The van der Waals surface area contributed by atoms with Crippen molar-refractivity contribution in [2.75, 3.05) is 32.2 Å². The second-order valence-corrected chi connectivity index (χ2v) is 6.09. The van der Waals surface area contributed by atoms with E-state index in [1.165, 1.54) is 17.5 Å². The molecule has 0 amide bonds. The lowest BCUT2D eigenvalue weighted by atomic mass is 10.1. The van der Waals surface area contributed by atoms with E-state index in [1.54, 1.807) is 7.11 Å². The van der Waals surface area contributed by atoms with Crippen molar-refractivity contribution in [3.8, 4) is 0 Å². The molecular formula is C17H23N3O2. The molecule has 118 valence electrons. The predicted molar refractivity (Wildman–Crippen MR) is 87.5 cm³/mol. The number of likely N-dealkylation sites (N-methyl/N-ethyl adjacent to an activating group) is 1. The molecule has 0 saturated heterocycles. The van der Waals surface area contributed by atoms with Crippen LogP contribution in [0.15, 0.2) is 12.1 Å². The number of benzene rings is 1. The van der Waals surface area contributed by atoms with Gasteiger partial charge in [-0.3, -0.25) is 0 Å². The van der Waals surface area contributed by atoms with Crippen LogP contribution in [0.5, 0.6) is 0 Å². The molecule has 1 aliphatic rings. The van der Waals surface area contributed by atoms with Crippen LogP contribution in [0.25, 0.3) is 10.9 Å². The second-order valence-electron chi connectivity index (χ2n) is 6.09. The van der Waals surface area contributed by atoms with Crippen molar-refractivity contribution in [1.82, 2.24) is 9.97 Å². The number of methoxy groups -OCH3 is 1. The molecule has 1 aliphatic carbocycles. The first-order valence-electron chi connectivity index (χ1n) is 7.76. The van der Waals surface area contributed by atoms with E-state index < -0.39 is 6.10 Å². The van der Waals surface area contributed by atoms with Crippen LogP contribution in [0.1, 0.15) is 23.2 Å². The van der Waals surface area contributed by atoms with Gasteiger partial charge in [-0.2, -0.15) is 0 Å². The number of fused-ring (bicyclic) bond motifs is 2. The Morgan fingerprint density at radius 2 is 2.00 bits per heavy atom. The molecule has 0 aliphatic heterocycles. The summed E-state index contributed by atoms with van der Waals surface area (Å²) in [4.78, 5) is 11.2. The number of aromatic nitrogens is 2. The number of hydrogen-bond acceptors (Lipinski definition) is 5. The fourth-order valence-corrected chi connectivity index (χ4v) is 3.15. The van der Waals surface area contributed by atoms with Crippen LogP contribution in [0, 0.1) is 6.92 Å². The first-order valence-corrected chi connectivity index (χ1v) is 7.76. The highest BCUT2D eigenvalue weighted by molar-refractivity contribution is 5.83. The SMILES string of the molecule is COC[C@H](O)CN(C)c1nc(C)c2cc3c(cc2n1)CCC3. The smallest absolute Gasteiger partial charge is 0.225 e. The minimum absolute atomic E-state index is 0.310. The van der Waals surface area contributed by atoms with E-state index in [0.717, 1.165) is 29.4 Å². The van der Waals surface area contributed by atoms with Crippen molar-refractivity contribution in [3.63, 3.8) is 0 Å². The maximum absolute atomic E-state index is 9.87. The summed E-state index contributed by atoms with van der Waals surface area (Å²) in [6, 6.07) is 4.45. The average molecular weight is 301 g/mol. The van der Waals surface area contributed by atoms with Crippen molar-refractivity contribution in [2.24, 2.45) is 0 Å². The minimum atomic E-state index is -0.547. The fourth-order valence-electron chi connectivity index (χ4n) is 3.15. The van der Waals surface area contributed by atoms with Gasteiger partial charge in [-0.1, -0.05) is 0 Å². The predicted octanol–water partition coefficient (Wildman–Crippen LogP) is 1.87. The number of rotatable bonds is 5. The van der Waals surface area contributed by atoms with Gasteiger partial charge in [0.15, 0.2) is 0 Å². The quantitative estimate of drug-likeness (QED) is 0.913. The van der Waals surface area contributed by atoms with Crippen molar-refractivity contribution in [3.05, 3.63) is 29.0 Å². The molecule has 5 nitrogen and oxygen atoms in total. The Hall–Kier alpha value is -1.72. The van der Waals surface area contributed by atoms with Crippen LogP contribution in [-0.4, -0.2) is 48.5 Å². The molecule has 1 atom stereocenters. The van der Waals surface area contributed by atoms with E-state index in [4.69, 9.17) is 4.74 Å². The summed E-state index contributed by atoms with van der Waals surface area (Å²) in [6.45, 7) is 2.78. The van der Waals surface area contributed by atoms with Gasteiger partial charge in [0.05, 0.1) is 23.9 Å². The van der Waals surface area contributed by atoms with E-state index >= 15 is 0 Å². The molecule has 1 heterocycles. The summed E-state index contributed by atoms with van der Waals surface area (Å²) >= 11 is 0. The molecule has 3 rings (SSSR count). The van der Waals surface area contributed by atoms with Crippen molar-refractivity contribution >= 4 is 16.9 Å². The number of nitrogens with zero attached hydrogens (tertiary/aromatic N) is 3. The summed E-state index contributed by atoms with van der Waals surface area (Å²) < 4.78 is 4.97. The third-order valence-electron chi connectivity index (χ3n) is 4.27. The molecule has 2 aromatic rings. The van der Waals surface area contributed by atoms with Gasteiger partial charge in [0.2, 0.25) is 5.95 Å². The topological polar surface area (TPSA) is 58.5 Å². The zero-order valence-electron chi connectivity index (χ0n) is 13.5. The molecule has 0 radical (unpaired) electrons. The Bertz CT molecular complexity index is 687. The van der Waals surface area contributed by atoms with Gasteiger partial charge in [-0.15, -0.1) is 0 Å². The highest BCUT2D eigenvalue weighted by Crippen LogP contribution is 2.28. The Kier molecular flexibility index (Phi) is 4.27. The molecule has 0 spiro atoms. The number of hydrogen-bond donors (Lipinski definition) is 1. The van der Waals surface area contributed by atoms with E-state index in [9.17, 15) is 5.11 Å². The highest BCUT2D eigenvalue weighted by Gasteiger charge is 2.16.